The lowest BCUT2D eigenvalue weighted by Crippen LogP contribution is -2.17. The number of phenols is 1. The number of hydrogen-bond acceptors (Lipinski definition) is 5. The highest BCUT2D eigenvalue weighted by molar-refractivity contribution is 6.31. The lowest BCUT2D eigenvalue weighted by molar-refractivity contribution is 0.373. The van der Waals surface area contributed by atoms with Gasteiger partial charge in [0, 0.05) is 35.4 Å². The van der Waals surface area contributed by atoms with E-state index in [0.29, 0.717) is 17.3 Å². The van der Waals surface area contributed by atoms with E-state index in [0.717, 1.165) is 41.7 Å². The fraction of sp³-hybridized carbons (Fsp3) is 0.250. The summed E-state index contributed by atoms with van der Waals surface area (Å²) < 4.78 is 5.05. The van der Waals surface area contributed by atoms with E-state index in [4.69, 9.17) is 16.3 Å². The number of aromatic hydroxyl groups is 1. The Balaban J connectivity index is 1.44. The van der Waals surface area contributed by atoms with Crippen LogP contribution < -0.4 is 15.4 Å². The Kier molecular flexibility index (Phi) is 6.15. The van der Waals surface area contributed by atoms with Crippen LogP contribution in [0.3, 0.4) is 0 Å². The molecule has 6 heteroatoms. The fourth-order valence-electron chi connectivity index (χ4n) is 2.79. The topological polar surface area (TPSA) is 66.4 Å². The van der Waals surface area contributed by atoms with Gasteiger partial charge in [0.05, 0.1) is 12.6 Å². The van der Waals surface area contributed by atoms with Gasteiger partial charge in [-0.2, -0.15) is 0 Å². The molecule has 26 heavy (non-hydrogen) atoms. The van der Waals surface area contributed by atoms with Gasteiger partial charge in [0.15, 0.2) is 11.5 Å². The first-order chi connectivity index (χ1) is 12.7. The molecule has 0 saturated carbocycles. The van der Waals surface area contributed by atoms with Gasteiger partial charge >= 0.3 is 0 Å². The maximum absolute atomic E-state index is 9.79. The van der Waals surface area contributed by atoms with Crippen LogP contribution in [0, 0.1) is 0 Å². The highest BCUT2D eigenvalue weighted by Gasteiger charge is 2.03. The van der Waals surface area contributed by atoms with E-state index in [1.54, 1.807) is 25.4 Å². The van der Waals surface area contributed by atoms with Gasteiger partial charge in [0.25, 0.3) is 0 Å². The van der Waals surface area contributed by atoms with Gasteiger partial charge in [0.2, 0.25) is 0 Å². The Labute approximate surface area is 158 Å². The molecular formula is C20H22ClN3O2. The van der Waals surface area contributed by atoms with Crippen molar-refractivity contribution in [1.29, 1.82) is 0 Å². The maximum Gasteiger partial charge on any atom is 0.160 e. The number of pyridine rings is 1. The minimum absolute atomic E-state index is 0.165. The summed E-state index contributed by atoms with van der Waals surface area (Å²) in [5.41, 5.74) is 2.97. The van der Waals surface area contributed by atoms with Crippen molar-refractivity contribution in [3.8, 4) is 11.5 Å². The Morgan fingerprint density at radius 2 is 2.00 bits per heavy atom. The van der Waals surface area contributed by atoms with Gasteiger partial charge in [-0.05, 0) is 54.9 Å². The molecule has 0 radical (unpaired) electrons. The lowest BCUT2D eigenvalue weighted by Gasteiger charge is -2.10. The first-order valence-electron chi connectivity index (χ1n) is 8.52. The van der Waals surface area contributed by atoms with Gasteiger partial charge in [-0.15, -0.1) is 0 Å². The van der Waals surface area contributed by atoms with Crippen LogP contribution >= 0.6 is 11.6 Å². The molecule has 5 nitrogen and oxygen atoms in total. The van der Waals surface area contributed by atoms with Crippen molar-refractivity contribution in [3.05, 3.63) is 59.2 Å². The smallest absolute Gasteiger partial charge is 0.160 e. The first-order valence-corrected chi connectivity index (χ1v) is 8.90. The van der Waals surface area contributed by atoms with E-state index in [9.17, 15) is 5.11 Å². The summed E-state index contributed by atoms with van der Waals surface area (Å²) in [6, 6.07) is 13.1. The third kappa shape index (κ3) is 4.56. The number of halogens is 1. The minimum atomic E-state index is 0.165. The van der Waals surface area contributed by atoms with Crippen LogP contribution in [0.1, 0.15) is 12.0 Å². The number of rotatable bonds is 8. The number of ether oxygens (including phenoxy) is 1. The van der Waals surface area contributed by atoms with E-state index >= 15 is 0 Å². The van der Waals surface area contributed by atoms with E-state index in [-0.39, 0.29) is 5.75 Å². The molecule has 0 aliphatic carbocycles. The van der Waals surface area contributed by atoms with Crippen LogP contribution in [0.4, 0.5) is 5.69 Å². The number of phenolic OH excluding ortho intramolecular Hbond substituents is 1. The van der Waals surface area contributed by atoms with Crippen LogP contribution in [0.15, 0.2) is 48.7 Å². The van der Waals surface area contributed by atoms with Crippen LogP contribution in [-0.4, -0.2) is 30.3 Å². The molecule has 3 N–H and O–H groups in total. The SMILES string of the molecule is COc1ccc(CNCCCNc2ccnc3cc(Cl)ccc23)cc1O. The molecule has 0 bridgehead atoms. The lowest BCUT2D eigenvalue weighted by atomic mass is 10.2. The summed E-state index contributed by atoms with van der Waals surface area (Å²) in [4.78, 5) is 4.35. The van der Waals surface area contributed by atoms with E-state index in [2.05, 4.69) is 15.6 Å². The summed E-state index contributed by atoms with van der Waals surface area (Å²) >= 11 is 6.02. The van der Waals surface area contributed by atoms with Crippen LogP contribution in [0.2, 0.25) is 5.02 Å². The number of nitrogens with zero attached hydrogens (tertiary/aromatic N) is 1. The molecule has 1 aromatic heterocycles. The van der Waals surface area contributed by atoms with Crippen molar-refractivity contribution in [2.45, 2.75) is 13.0 Å². The predicted molar refractivity (Wildman–Crippen MR) is 106 cm³/mol. The van der Waals surface area contributed by atoms with Gasteiger partial charge in [-0.1, -0.05) is 17.7 Å². The summed E-state index contributed by atoms with van der Waals surface area (Å²) in [5, 5.41) is 18.4. The maximum atomic E-state index is 9.79. The summed E-state index contributed by atoms with van der Waals surface area (Å²) in [7, 11) is 1.54. The molecule has 0 aliphatic rings. The van der Waals surface area contributed by atoms with Gasteiger partial charge < -0.3 is 20.5 Å². The Hall–Kier alpha value is -2.50. The molecule has 0 spiro atoms. The summed E-state index contributed by atoms with van der Waals surface area (Å²) in [5.74, 6) is 0.655. The average molecular weight is 372 g/mol. The van der Waals surface area contributed by atoms with Crippen molar-refractivity contribution < 1.29 is 9.84 Å². The number of benzene rings is 2. The molecule has 136 valence electrons. The van der Waals surface area contributed by atoms with E-state index < -0.39 is 0 Å². The van der Waals surface area contributed by atoms with Gasteiger partial charge in [0.1, 0.15) is 0 Å². The largest absolute Gasteiger partial charge is 0.504 e. The molecule has 3 aromatic rings. The minimum Gasteiger partial charge on any atom is -0.504 e. The number of hydrogen-bond donors (Lipinski definition) is 3. The molecule has 1 heterocycles. The summed E-state index contributed by atoms with van der Waals surface area (Å²) in [6.45, 7) is 2.42. The zero-order chi connectivity index (χ0) is 18.4. The van der Waals surface area contributed by atoms with Crippen LogP contribution in [0.5, 0.6) is 11.5 Å². The molecule has 0 aliphatic heterocycles. The standard InChI is InChI=1S/C20H22ClN3O2/c1-26-20-6-3-14(11-19(20)25)13-22-8-2-9-23-17-7-10-24-18-12-15(21)4-5-16(17)18/h3-7,10-12,22,25H,2,8-9,13H2,1H3,(H,23,24). The average Bonchev–Trinajstić information content (AvgIpc) is 2.64. The van der Waals surface area contributed by atoms with Crippen molar-refractivity contribution in [2.24, 2.45) is 0 Å². The molecule has 3 rings (SSSR count). The Morgan fingerprint density at radius 3 is 2.81 bits per heavy atom. The normalized spacial score (nSPS) is 10.8. The summed E-state index contributed by atoms with van der Waals surface area (Å²) in [6.07, 6.45) is 2.76. The van der Waals surface area contributed by atoms with E-state index in [1.165, 1.54) is 0 Å². The molecule has 0 saturated heterocycles. The second-order valence-electron chi connectivity index (χ2n) is 5.98. The molecule has 2 aromatic carbocycles. The van der Waals surface area contributed by atoms with Crippen molar-refractivity contribution in [1.82, 2.24) is 10.3 Å². The van der Waals surface area contributed by atoms with Crippen molar-refractivity contribution in [3.63, 3.8) is 0 Å². The first kappa shape index (κ1) is 18.3. The van der Waals surface area contributed by atoms with Crippen LogP contribution in [-0.2, 0) is 6.54 Å². The highest BCUT2D eigenvalue weighted by Crippen LogP contribution is 2.26. The van der Waals surface area contributed by atoms with Gasteiger partial charge in [-0.3, -0.25) is 4.98 Å². The number of anilines is 1. The number of methoxy groups -OCH3 is 1. The third-order valence-corrected chi connectivity index (χ3v) is 4.36. The highest BCUT2D eigenvalue weighted by atomic mass is 35.5. The quantitative estimate of drug-likeness (QED) is 0.518. The molecule has 0 unspecified atom stereocenters. The molecule has 0 atom stereocenters. The fourth-order valence-corrected chi connectivity index (χ4v) is 2.96. The molecule has 0 fully saturated rings. The van der Waals surface area contributed by atoms with Crippen LogP contribution in [0.25, 0.3) is 10.9 Å². The molecular weight excluding hydrogens is 350 g/mol. The number of aromatic nitrogens is 1. The number of fused-ring (bicyclic) bond motifs is 1. The van der Waals surface area contributed by atoms with E-state index in [1.807, 2.05) is 30.3 Å². The predicted octanol–water partition coefficient (Wildman–Crippen LogP) is 4.19. The second-order valence-corrected chi connectivity index (χ2v) is 6.42. The zero-order valence-corrected chi connectivity index (χ0v) is 15.4. The monoisotopic (exact) mass is 371 g/mol. The van der Waals surface area contributed by atoms with Gasteiger partial charge in [-0.25, -0.2) is 0 Å². The molecule has 0 amide bonds. The number of nitrogens with one attached hydrogen (secondary N) is 2. The second kappa shape index (κ2) is 8.74. The Bertz CT molecular complexity index is 886. The third-order valence-electron chi connectivity index (χ3n) is 4.12. The Morgan fingerprint density at radius 1 is 1.12 bits per heavy atom. The van der Waals surface area contributed by atoms with Crippen molar-refractivity contribution in [2.75, 3.05) is 25.5 Å². The van der Waals surface area contributed by atoms with Crippen molar-refractivity contribution >= 4 is 28.2 Å². The zero-order valence-electron chi connectivity index (χ0n) is 14.6.